The molecule has 0 aliphatic carbocycles. The van der Waals surface area contributed by atoms with Gasteiger partial charge in [0.1, 0.15) is 0 Å². The van der Waals surface area contributed by atoms with Crippen LogP contribution in [0.4, 0.5) is 11.4 Å². The first kappa shape index (κ1) is 12.7. The third-order valence-electron chi connectivity index (χ3n) is 2.52. The standard InChI is InChI=1S/C9H10N6O4/c1-14(4-7(16)11-10)5-2-3-6(15(17)18)9-8(5)12-19-13-9/h2-3H,4,10H2,1H3,(H,11,16). The minimum Gasteiger partial charge on any atom is -0.363 e. The van der Waals surface area contributed by atoms with Crippen molar-refractivity contribution in [3.8, 4) is 0 Å². The summed E-state index contributed by atoms with van der Waals surface area (Å²) in [5.74, 6) is 4.58. The Labute approximate surface area is 106 Å². The van der Waals surface area contributed by atoms with Gasteiger partial charge < -0.3 is 4.90 Å². The second-order valence-corrected chi connectivity index (χ2v) is 3.75. The zero-order chi connectivity index (χ0) is 14.0. The van der Waals surface area contributed by atoms with E-state index in [0.29, 0.717) is 5.69 Å². The first-order chi connectivity index (χ1) is 9.04. The highest BCUT2D eigenvalue weighted by molar-refractivity contribution is 5.95. The normalized spacial score (nSPS) is 10.4. The molecule has 100 valence electrons. The van der Waals surface area contributed by atoms with Gasteiger partial charge in [-0.1, -0.05) is 0 Å². The molecule has 0 saturated carbocycles. The van der Waals surface area contributed by atoms with Crippen molar-refractivity contribution in [1.29, 1.82) is 0 Å². The molecular weight excluding hydrogens is 256 g/mol. The molecule has 10 heteroatoms. The van der Waals surface area contributed by atoms with Crippen LogP contribution in [0.1, 0.15) is 0 Å². The molecule has 0 spiro atoms. The van der Waals surface area contributed by atoms with Crippen LogP contribution in [0.25, 0.3) is 11.0 Å². The molecule has 0 bridgehead atoms. The number of nitro benzene ring substituents is 1. The van der Waals surface area contributed by atoms with Crippen molar-refractivity contribution < 1.29 is 14.3 Å². The number of hydrogen-bond donors (Lipinski definition) is 2. The molecular formula is C9H10N6O4. The number of fused-ring (bicyclic) bond motifs is 1. The van der Waals surface area contributed by atoms with E-state index in [1.54, 1.807) is 7.05 Å². The Morgan fingerprint density at radius 2 is 2.21 bits per heavy atom. The van der Waals surface area contributed by atoms with E-state index in [9.17, 15) is 14.9 Å². The number of likely N-dealkylation sites (N-methyl/N-ethyl adjacent to an activating group) is 1. The van der Waals surface area contributed by atoms with Crippen LogP contribution in [0.2, 0.25) is 0 Å². The molecule has 19 heavy (non-hydrogen) atoms. The number of anilines is 1. The number of non-ortho nitro benzene ring substituents is 1. The van der Waals surface area contributed by atoms with E-state index < -0.39 is 10.8 Å². The zero-order valence-corrected chi connectivity index (χ0v) is 9.86. The number of carbonyl (C=O) groups is 1. The predicted molar refractivity (Wildman–Crippen MR) is 64.1 cm³/mol. The van der Waals surface area contributed by atoms with Gasteiger partial charge in [-0.25, -0.2) is 10.5 Å². The van der Waals surface area contributed by atoms with Crippen molar-refractivity contribution >= 4 is 28.3 Å². The molecule has 1 aromatic carbocycles. The van der Waals surface area contributed by atoms with E-state index in [1.165, 1.54) is 17.0 Å². The summed E-state index contributed by atoms with van der Waals surface area (Å²) in [5.41, 5.74) is 2.49. The summed E-state index contributed by atoms with van der Waals surface area (Å²) in [6.07, 6.45) is 0. The lowest BCUT2D eigenvalue weighted by Gasteiger charge is -2.17. The Hall–Kier alpha value is -2.75. The lowest BCUT2D eigenvalue weighted by atomic mass is 10.2. The number of nitrogens with zero attached hydrogens (tertiary/aromatic N) is 4. The largest absolute Gasteiger partial charge is 0.363 e. The minimum absolute atomic E-state index is 0.0301. The Balaban J connectivity index is 2.45. The van der Waals surface area contributed by atoms with Gasteiger partial charge in [-0.3, -0.25) is 20.3 Å². The van der Waals surface area contributed by atoms with E-state index in [4.69, 9.17) is 5.84 Å². The number of nitrogens with two attached hydrogens (primary N) is 1. The van der Waals surface area contributed by atoms with Crippen LogP contribution < -0.4 is 16.2 Å². The third kappa shape index (κ3) is 2.28. The highest BCUT2D eigenvalue weighted by Gasteiger charge is 2.21. The summed E-state index contributed by atoms with van der Waals surface area (Å²) < 4.78 is 4.52. The van der Waals surface area contributed by atoms with Crippen LogP contribution in [-0.2, 0) is 4.79 Å². The summed E-state index contributed by atoms with van der Waals surface area (Å²) in [7, 11) is 1.62. The van der Waals surface area contributed by atoms with Crippen molar-refractivity contribution in [2.45, 2.75) is 0 Å². The molecule has 0 fully saturated rings. The number of nitrogens with one attached hydrogen (secondary N) is 1. The van der Waals surface area contributed by atoms with E-state index in [1.807, 2.05) is 5.43 Å². The monoisotopic (exact) mass is 266 g/mol. The molecule has 0 aliphatic heterocycles. The second kappa shape index (κ2) is 4.86. The Morgan fingerprint density at radius 1 is 1.53 bits per heavy atom. The fourth-order valence-electron chi connectivity index (χ4n) is 1.64. The number of amides is 1. The summed E-state index contributed by atoms with van der Waals surface area (Å²) in [5, 5.41) is 17.9. The predicted octanol–water partition coefficient (Wildman–Crippen LogP) is -0.443. The van der Waals surface area contributed by atoms with Crippen LogP contribution in [0, 0.1) is 10.1 Å². The quantitative estimate of drug-likeness (QED) is 0.328. The van der Waals surface area contributed by atoms with E-state index in [-0.39, 0.29) is 23.3 Å². The maximum Gasteiger partial charge on any atom is 0.300 e. The van der Waals surface area contributed by atoms with Crippen LogP contribution in [0.3, 0.4) is 0 Å². The SMILES string of the molecule is CN(CC(=O)NN)c1ccc([N+](=O)[O-])c2nonc12. The number of hydrogen-bond acceptors (Lipinski definition) is 8. The van der Waals surface area contributed by atoms with Crippen molar-refractivity contribution in [3.05, 3.63) is 22.2 Å². The van der Waals surface area contributed by atoms with Crippen LogP contribution >= 0.6 is 0 Å². The molecule has 3 N–H and O–H groups in total. The smallest absolute Gasteiger partial charge is 0.300 e. The summed E-state index contributed by atoms with van der Waals surface area (Å²) >= 11 is 0. The molecule has 0 aliphatic rings. The topological polar surface area (TPSA) is 140 Å². The minimum atomic E-state index is -0.580. The zero-order valence-electron chi connectivity index (χ0n) is 9.86. The van der Waals surface area contributed by atoms with Gasteiger partial charge in [0.2, 0.25) is 5.52 Å². The molecule has 1 aromatic heterocycles. The van der Waals surface area contributed by atoms with Gasteiger partial charge >= 0.3 is 5.69 Å². The summed E-state index contributed by atoms with van der Waals surface area (Å²) in [6.45, 7) is -0.0315. The summed E-state index contributed by atoms with van der Waals surface area (Å²) in [4.78, 5) is 23.0. The second-order valence-electron chi connectivity index (χ2n) is 3.75. The van der Waals surface area contributed by atoms with Gasteiger partial charge in [0, 0.05) is 13.1 Å². The van der Waals surface area contributed by atoms with Crippen molar-refractivity contribution in [3.63, 3.8) is 0 Å². The average molecular weight is 266 g/mol. The van der Waals surface area contributed by atoms with Crippen molar-refractivity contribution in [1.82, 2.24) is 15.7 Å². The molecule has 0 saturated heterocycles. The van der Waals surface area contributed by atoms with Crippen LogP contribution in [0.15, 0.2) is 16.8 Å². The number of rotatable bonds is 4. The van der Waals surface area contributed by atoms with E-state index >= 15 is 0 Å². The lowest BCUT2D eigenvalue weighted by molar-refractivity contribution is -0.383. The van der Waals surface area contributed by atoms with Gasteiger partial charge in [0.15, 0.2) is 5.52 Å². The molecule has 2 aromatic rings. The number of aromatic nitrogens is 2. The first-order valence-electron chi connectivity index (χ1n) is 5.15. The molecule has 0 radical (unpaired) electrons. The van der Waals surface area contributed by atoms with E-state index in [2.05, 4.69) is 14.9 Å². The third-order valence-corrected chi connectivity index (χ3v) is 2.52. The molecule has 0 atom stereocenters. The van der Waals surface area contributed by atoms with Gasteiger partial charge in [-0.2, -0.15) is 0 Å². The number of nitro groups is 1. The highest BCUT2D eigenvalue weighted by Crippen LogP contribution is 2.30. The van der Waals surface area contributed by atoms with Gasteiger partial charge in [0.25, 0.3) is 5.91 Å². The molecule has 2 rings (SSSR count). The lowest BCUT2D eigenvalue weighted by Crippen LogP contribution is -2.39. The molecule has 0 unspecified atom stereocenters. The van der Waals surface area contributed by atoms with Crippen molar-refractivity contribution in [2.24, 2.45) is 5.84 Å². The maximum absolute atomic E-state index is 11.2. The maximum atomic E-state index is 11.2. The number of benzene rings is 1. The molecule has 1 amide bonds. The first-order valence-corrected chi connectivity index (χ1v) is 5.15. The Kier molecular flexibility index (Phi) is 3.25. The highest BCUT2D eigenvalue weighted by atomic mass is 16.6. The fourth-order valence-corrected chi connectivity index (χ4v) is 1.64. The van der Waals surface area contributed by atoms with Crippen LogP contribution in [-0.4, -0.2) is 34.7 Å². The molecule has 1 heterocycles. The fraction of sp³-hybridized carbons (Fsp3) is 0.222. The van der Waals surface area contributed by atoms with Gasteiger partial charge in [-0.15, -0.1) is 0 Å². The average Bonchev–Trinajstić information content (AvgIpc) is 2.85. The number of hydrazine groups is 1. The van der Waals surface area contributed by atoms with Gasteiger partial charge in [0.05, 0.1) is 17.2 Å². The van der Waals surface area contributed by atoms with E-state index in [0.717, 1.165) is 0 Å². The molecule has 10 nitrogen and oxygen atoms in total. The Bertz CT molecular complexity index is 639. The Morgan fingerprint density at radius 3 is 2.84 bits per heavy atom. The van der Waals surface area contributed by atoms with Crippen LogP contribution in [0.5, 0.6) is 0 Å². The number of carbonyl (C=O) groups excluding carboxylic acids is 1. The summed E-state index contributed by atoms with van der Waals surface area (Å²) in [6, 6.07) is 2.74. The van der Waals surface area contributed by atoms with Gasteiger partial charge in [-0.05, 0) is 16.4 Å². The van der Waals surface area contributed by atoms with Crippen molar-refractivity contribution in [2.75, 3.05) is 18.5 Å².